The van der Waals surface area contributed by atoms with E-state index in [0.29, 0.717) is 13.0 Å². The third-order valence-corrected chi connectivity index (χ3v) is 4.34. The lowest BCUT2D eigenvalue weighted by Crippen LogP contribution is -2.50. The summed E-state index contributed by atoms with van der Waals surface area (Å²) in [4.78, 5) is 39.9. The zero-order chi connectivity index (χ0) is 16.6. The Hall–Kier alpha value is -1.77. The number of epoxide rings is 1. The fourth-order valence-corrected chi connectivity index (χ4v) is 2.96. The first-order valence-electron chi connectivity index (χ1n) is 7.56. The standard InChI is InChI=1S/C15H19NO7/c1-2-11-14(20)15(8-21-15)6-10(22-11)5-13(19)23-16-7-9(17)3-4-12(16)18/h2,10-11,14,20H,1,3-8H2/t10-,11-,14-,15-/m1/s1. The van der Waals surface area contributed by atoms with Gasteiger partial charge in [-0.2, -0.15) is 5.06 Å². The Kier molecular flexibility index (Phi) is 4.22. The van der Waals surface area contributed by atoms with Crippen LogP contribution in [0, 0.1) is 0 Å². The third-order valence-electron chi connectivity index (χ3n) is 4.34. The van der Waals surface area contributed by atoms with E-state index in [9.17, 15) is 19.5 Å². The number of carbonyl (C=O) groups excluding carboxylic acids is 3. The van der Waals surface area contributed by atoms with Gasteiger partial charge in [-0.25, -0.2) is 4.79 Å². The van der Waals surface area contributed by atoms with E-state index < -0.39 is 29.9 Å². The molecule has 3 aliphatic rings. The van der Waals surface area contributed by atoms with Crippen LogP contribution in [0.3, 0.4) is 0 Å². The van der Waals surface area contributed by atoms with E-state index >= 15 is 0 Å². The smallest absolute Gasteiger partial charge is 0.335 e. The number of ketones is 1. The number of hydrogen-bond donors (Lipinski definition) is 1. The Morgan fingerprint density at radius 1 is 1.48 bits per heavy atom. The maximum absolute atomic E-state index is 12.0. The van der Waals surface area contributed by atoms with Gasteiger partial charge < -0.3 is 19.4 Å². The molecule has 23 heavy (non-hydrogen) atoms. The van der Waals surface area contributed by atoms with E-state index in [1.165, 1.54) is 6.08 Å². The van der Waals surface area contributed by atoms with E-state index in [1.54, 1.807) is 0 Å². The van der Waals surface area contributed by atoms with Crippen molar-refractivity contribution in [3.05, 3.63) is 12.7 Å². The summed E-state index contributed by atoms with van der Waals surface area (Å²) < 4.78 is 10.9. The van der Waals surface area contributed by atoms with Gasteiger partial charge in [-0.15, -0.1) is 6.58 Å². The van der Waals surface area contributed by atoms with Crippen molar-refractivity contribution in [3.63, 3.8) is 0 Å². The number of aliphatic hydroxyl groups is 1. The fourth-order valence-electron chi connectivity index (χ4n) is 2.96. The lowest BCUT2D eigenvalue weighted by molar-refractivity contribution is -0.205. The van der Waals surface area contributed by atoms with Crippen molar-refractivity contribution in [1.29, 1.82) is 0 Å². The molecule has 0 aromatic carbocycles. The lowest BCUT2D eigenvalue weighted by atomic mass is 9.88. The van der Waals surface area contributed by atoms with Gasteiger partial charge in [0.2, 0.25) is 0 Å². The Morgan fingerprint density at radius 3 is 2.87 bits per heavy atom. The van der Waals surface area contributed by atoms with Crippen LogP contribution in [0.5, 0.6) is 0 Å². The van der Waals surface area contributed by atoms with Crippen LogP contribution in [0.2, 0.25) is 0 Å². The number of Topliss-reactive ketones (excluding diaryl/α,β-unsaturated/α-hetero) is 1. The van der Waals surface area contributed by atoms with Crippen LogP contribution in [0.15, 0.2) is 12.7 Å². The van der Waals surface area contributed by atoms with Gasteiger partial charge >= 0.3 is 5.97 Å². The highest BCUT2D eigenvalue weighted by Crippen LogP contribution is 2.43. The topological polar surface area (TPSA) is 106 Å². The lowest BCUT2D eigenvalue weighted by Gasteiger charge is -2.36. The van der Waals surface area contributed by atoms with E-state index in [2.05, 4.69) is 6.58 Å². The SMILES string of the molecule is C=C[C@H]1O[C@H](CC(=O)ON2CC(=O)CCC2=O)C[C@@]2(CO2)[C@@H]1O. The summed E-state index contributed by atoms with van der Waals surface area (Å²) in [5.41, 5.74) is -0.682. The van der Waals surface area contributed by atoms with Gasteiger partial charge in [0.25, 0.3) is 5.91 Å². The molecule has 1 spiro atoms. The van der Waals surface area contributed by atoms with Crippen LogP contribution in [-0.2, 0) is 28.7 Å². The quantitative estimate of drug-likeness (QED) is 0.548. The number of rotatable bonds is 4. The van der Waals surface area contributed by atoms with Crippen LogP contribution < -0.4 is 0 Å². The Bertz CT molecular complexity index is 542. The monoisotopic (exact) mass is 325 g/mol. The first-order chi connectivity index (χ1) is 10.9. The molecule has 3 saturated heterocycles. The minimum absolute atomic E-state index is 0.0493. The molecule has 3 heterocycles. The summed E-state index contributed by atoms with van der Waals surface area (Å²) in [7, 11) is 0. The molecule has 3 fully saturated rings. The van der Waals surface area contributed by atoms with Gasteiger partial charge in [-0.1, -0.05) is 6.08 Å². The summed E-state index contributed by atoms with van der Waals surface area (Å²) >= 11 is 0. The van der Waals surface area contributed by atoms with E-state index in [0.717, 1.165) is 5.06 Å². The highest BCUT2D eigenvalue weighted by atomic mass is 16.7. The second-order valence-electron chi connectivity index (χ2n) is 6.10. The third kappa shape index (κ3) is 3.29. The summed E-state index contributed by atoms with van der Waals surface area (Å²) in [6, 6.07) is 0. The fraction of sp³-hybridized carbons (Fsp3) is 0.667. The number of ether oxygens (including phenoxy) is 2. The maximum atomic E-state index is 12.0. The van der Waals surface area contributed by atoms with Gasteiger partial charge in [0.1, 0.15) is 24.4 Å². The van der Waals surface area contributed by atoms with Gasteiger partial charge in [0.15, 0.2) is 5.78 Å². The van der Waals surface area contributed by atoms with Crippen molar-refractivity contribution in [2.45, 2.75) is 49.6 Å². The molecule has 1 N–H and O–H groups in total. The van der Waals surface area contributed by atoms with Crippen LogP contribution in [0.1, 0.15) is 25.7 Å². The molecule has 0 unspecified atom stereocenters. The molecule has 126 valence electrons. The second kappa shape index (κ2) is 6.03. The number of piperidine rings is 1. The van der Waals surface area contributed by atoms with Crippen molar-refractivity contribution in [3.8, 4) is 0 Å². The van der Waals surface area contributed by atoms with Crippen molar-refractivity contribution >= 4 is 17.7 Å². The normalized spacial score (nSPS) is 36.9. The molecule has 0 aliphatic carbocycles. The predicted octanol–water partition coefficient (Wildman–Crippen LogP) is -0.500. The number of carbonyl (C=O) groups is 3. The molecule has 8 heteroatoms. The maximum Gasteiger partial charge on any atom is 0.335 e. The van der Waals surface area contributed by atoms with E-state index in [4.69, 9.17) is 14.3 Å². The Balaban J connectivity index is 1.56. The Labute approximate surface area is 132 Å². The van der Waals surface area contributed by atoms with Crippen LogP contribution in [0.4, 0.5) is 0 Å². The molecule has 3 aliphatic heterocycles. The van der Waals surface area contributed by atoms with Crippen molar-refractivity contribution < 1.29 is 33.8 Å². The molecule has 0 aromatic rings. The van der Waals surface area contributed by atoms with Crippen LogP contribution in [-0.4, -0.2) is 64.9 Å². The van der Waals surface area contributed by atoms with Crippen LogP contribution >= 0.6 is 0 Å². The molecule has 4 atom stereocenters. The molecule has 0 saturated carbocycles. The number of amides is 1. The highest BCUT2D eigenvalue weighted by molar-refractivity contribution is 5.92. The zero-order valence-electron chi connectivity index (χ0n) is 12.6. The van der Waals surface area contributed by atoms with Crippen LogP contribution in [0.25, 0.3) is 0 Å². The number of hydroxylamine groups is 2. The van der Waals surface area contributed by atoms with Crippen molar-refractivity contribution in [2.75, 3.05) is 13.2 Å². The van der Waals surface area contributed by atoms with Gasteiger partial charge in [-0.3, -0.25) is 9.59 Å². The highest BCUT2D eigenvalue weighted by Gasteiger charge is 2.58. The first kappa shape index (κ1) is 16.1. The average Bonchev–Trinajstić information content (AvgIpc) is 3.27. The zero-order valence-corrected chi connectivity index (χ0v) is 12.6. The molecule has 0 radical (unpaired) electrons. The predicted molar refractivity (Wildman–Crippen MR) is 74.8 cm³/mol. The molecular formula is C15H19NO7. The van der Waals surface area contributed by atoms with Gasteiger partial charge in [0, 0.05) is 19.3 Å². The average molecular weight is 325 g/mol. The number of hydrogen-bond acceptors (Lipinski definition) is 7. The molecule has 1 amide bonds. The molecular weight excluding hydrogens is 306 g/mol. The summed E-state index contributed by atoms with van der Waals surface area (Å²) in [6.45, 7) is 3.80. The minimum atomic E-state index is -0.812. The molecule has 3 rings (SSSR count). The summed E-state index contributed by atoms with van der Waals surface area (Å²) in [6.07, 6.45) is 0.0206. The number of nitrogens with zero attached hydrogens (tertiary/aromatic N) is 1. The molecule has 0 aromatic heterocycles. The molecule has 0 bridgehead atoms. The summed E-state index contributed by atoms with van der Waals surface area (Å²) in [5.74, 6) is -1.19. The van der Waals surface area contributed by atoms with E-state index in [1.807, 2.05) is 0 Å². The Morgan fingerprint density at radius 2 is 2.22 bits per heavy atom. The van der Waals surface area contributed by atoms with Gasteiger partial charge in [-0.05, 0) is 0 Å². The van der Waals surface area contributed by atoms with E-state index in [-0.39, 0.29) is 37.5 Å². The molecule has 8 nitrogen and oxygen atoms in total. The van der Waals surface area contributed by atoms with Crippen molar-refractivity contribution in [1.82, 2.24) is 5.06 Å². The summed E-state index contributed by atoms with van der Waals surface area (Å²) in [5, 5.41) is 10.9. The largest absolute Gasteiger partial charge is 0.387 e. The van der Waals surface area contributed by atoms with Crippen molar-refractivity contribution in [2.24, 2.45) is 0 Å². The second-order valence-corrected chi connectivity index (χ2v) is 6.10. The number of aliphatic hydroxyl groups excluding tert-OH is 1. The minimum Gasteiger partial charge on any atom is -0.387 e. The first-order valence-corrected chi connectivity index (χ1v) is 7.56. The van der Waals surface area contributed by atoms with Gasteiger partial charge in [0.05, 0.1) is 19.1 Å².